The van der Waals surface area contributed by atoms with Crippen LogP contribution in [0, 0.1) is 0 Å². The van der Waals surface area contributed by atoms with E-state index in [4.69, 9.17) is 9.47 Å². The van der Waals surface area contributed by atoms with Crippen LogP contribution in [0.5, 0.6) is 17.2 Å². The van der Waals surface area contributed by atoms with Crippen LogP contribution < -0.4 is 14.2 Å². The fourth-order valence-corrected chi connectivity index (χ4v) is 5.13. The highest BCUT2D eigenvalue weighted by Crippen LogP contribution is 2.33. The first-order valence-corrected chi connectivity index (χ1v) is 12.2. The Kier molecular flexibility index (Phi) is 7.32. The Morgan fingerprint density at radius 3 is 2.44 bits per heavy atom. The number of ether oxygens (including phenoxy) is 3. The molecule has 2 heterocycles. The second-order valence-electron chi connectivity index (χ2n) is 7.64. The molecule has 11 heteroatoms. The molecule has 1 fully saturated rings. The molecular formula is C23H24F2N2O6S. The van der Waals surface area contributed by atoms with Crippen molar-refractivity contribution in [1.29, 1.82) is 0 Å². The van der Waals surface area contributed by atoms with Crippen LogP contribution in [0.1, 0.15) is 12.0 Å². The zero-order valence-electron chi connectivity index (χ0n) is 18.2. The monoisotopic (exact) mass is 494 g/mol. The van der Waals surface area contributed by atoms with Crippen molar-refractivity contribution in [3.63, 3.8) is 0 Å². The highest BCUT2D eigenvalue weighted by molar-refractivity contribution is 7.89. The van der Waals surface area contributed by atoms with Gasteiger partial charge >= 0.3 is 6.61 Å². The minimum absolute atomic E-state index is 0.0346. The quantitative estimate of drug-likeness (QED) is 0.574. The van der Waals surface area contributed by atoms with Crippen LogP contribution in [0.3, 0.4) is 0 Å². The number of sulfonamides is 1. The molecule has 0 radical (unpaired) electrons. The number of halogens is 2. The number of carbonyl (C=O) groups is 1. The highest BCUT2D eigenvalue weighted by Gasteiger charge is 2.30. The summed E-state index contributed by atoms with van der Waals surface area (Å²) < 4.78 is 68.3. The maximum atomic E-state index is 13.1. The number of amides is 1. The van der Waals surface area contributed by atoms with E-state index in [2.05, 4.69) is 4.74 Å². The Morgan fingerprint density at radius 2 is 1.71 bits per heavy atom. The van der Waals surface area contributed by atoms with Crippen molar-refractivity contribution in [2.24, 2.45) is 0 Å². The van der Waals surface area contributed by atoms with Gasteiger partial charge in [0.2, 0.25) is 15.9 Å². The number of benzene rings is 2. The van der Waals surface area contributed by atoms with Gasteiger partial charge in [0.15, 0.2) is 11.5 Å². The van der Waals surface area contributed by atoms with Crippen molar-refractivity contribution in [3.05, 3.63) is 54.1 Å². The van der Waals surface area contributed by atoms with Crippen LogP contribution in [0.2, 0.25) is 0 Å². The van der Waals surface area contributed by atoms with E-state index in [1.54, 1.807) is 24.3 Å². The molecule has 2 aromatic carbocycles. The fraction of sp³-hybridized carbons (Fsp3) is 0.348. The molecule has 0 aliphatic carbocycles. The molecule has 0 bridgehead atoms. The van der Waals surface area contributed by atoms with E-state index in [1.807, 2.05) is 0 Å². The topological polar surface area (TPSA) is 85.4 Å². The van der Waals surface area contributed by atoms with E-state index in [0.29, 0.717) is 36.7 Å². The van der Waals surface area contributed by atoms with E-state index >= 15 is 0 Å². The first-order chi connectivity index (χ1) is 16.3. The summed E-state index contributed by atoms with van der Waals surface area (Å²) in [6.07, 6.45) is 3.38. The van der Waals surface area contributed by atoms with E-state index in [0.717, 1.165) is 0 Å². The molecule has 34 heavy (non-hydrogen) atoms. The van der Waals surface area contributed by atoms with Gasteiger partial charge in [-0.1, -0.05) is 18.2 Å². The molecule has 2 aliphatic rings. The summed E-state index contributed by atoms with van der Waals surface area (Å²) in [5, 5.41) is 0. The van der Waals surface area contributed by atoms with Gasteiger partial charge in [0.25, 0.3) is 0 Å². The Balaban J connectivity index is 1.39. The zero-order chi connectivity index (χ0) is 24.1. The molecule has 0 aromatic heterocycles. The molecular weight excluding hydrogens is 470 g/mol. The predicted molar refractivity (Wildman–Crippen MR) is 119 cm³/mol. The highest BCUT2D eigenvalue weighted by atomic mass is 32.2. The molecule has 0 unspecified atom stereocenters. The summed E-state index contributed by atoms with van der Waals surface area (Å²) in [4.78, 5) is 14.2. The first kappa shape index (κ1) is 24.0. The van der Waals surface area contributed by atoms with Crippen molar-refractivity contribution >= 4 is 22.0 Å². The zero-order valence-corrected chi connectivity index (χ0v) is 19.0. The minimum Gasteiger partial charge on any atom is -0.490 e. The van der Waals surface area contributed by atoms with E-state index in [-0.39, 0.29) is 42.7 Å². The number of alkyl halides is 2. The lowest BCUT2D eigenvalue weighted by Gasteiger charge is -2.33. The lowest BCUT2D eigenvalue weighted by Crippen LogP contribution is -2.50. The number of rotatable bonds is 6. The molecule has 2 aromatic rings. The van der Waals surface area contributed by atoms with Gasteiger partial charge in [0, 0.05) is 50.3 Å². The molecule has 1 amide bonds. The molecule has 0 saturated carbocycles. The van der Waals surface area contributed by atoms with Crippen LogP contribution >= 0.6 is 0 Å². The smallest absolute Gasteiger partial charge is 0.387 e. The summed E-state index contributed by atoms with van der Waals surface area (Å²) in [5.41, 5.74) is 0.340. The van der Waals surface area contributed by atoms with Gasteiger partial charge in [-0.05, 0) is 24.3 Å². The maximum absolute atomic E-state index is 13.1. The van der Waals surface area contributed by atoms with Gasteiger partial charge < -0.3 is 19.1 Å². The van der Waals surface area contributed by atoms with Gasteiger partial charge in [-0.15, -0.1) is 0 Å². The van der Waals surface area contributed by atoms with Gasteiger partial charge in [0.05, 0.1) is 18.1 Å². The van der Waals surface area contributed by atoms with Gasteiger partial charge in [0.1, 0.15) is 5.75 Å². The Bertz CT molecular complexity index is 1160. The third-order valence-electron chi connectivity index (χ3n) is 5.45. The molecule has 0 atom stereocenters. The normalized spacial score (nSPS) is 17.1. The van der Waals surface area contributed by atoms with E-state index < -0.39 is 16.6 Å². The van der Waals surface area contributed by atoms with Crippen molar-refractivity contribution in [3.8, 4) is 17.2 Å². The number of para-hydroxylation sites is 1. The lowest BCUT2D eigenvalue weighted by molar-refractivity contribution is -0.127. The first-order valence-electron chi connectivity index (χ1n) is 10.8. The summed E-state index contributed by atoms with van der Waals surface area (Å²) in [7, 11) is -3.77. The van der Waals surface area contributed by atoms with Crippen molar-refractivity contribution in [1.82, 2.24) is 9.21 Å². The van der Waals surface area contributed by atoms with E-state index in [1.165, 1.54) is 39.6 Å². The molecule has 8 nitrogen and oxygen atoms in total. The standard InChI is InChI=1S/C23H24F2N2O6S/c24-23(25)33-19-5-2-1-4-17(19)6-9-22(28)26-10-12-27(13-11-26)34(29,30)18-7-8-20-21(16-18)32-15-3-14-31-20/h1-2,4-9,16,23H,3,10-15H2/b9-6+. The van der Waals surface area contributed by atoms with Gasteiger partial charge in [-0.2, -0.15) is 13.1 Å². The van der Waals surface area contributed by atoms with Crippen molar-refractivity contribution < 1.29 is 36.2 Å². The molecule has 4 rings (SSSR count). The predicted octanol–water partition coefficient (Wildman–Crippen LogP) is 3.00. The molecule has 182 valence electrons. The van der Waals surface area contributed by atoms with Crippen LogP contribution in [-0.4, -0.2) is 69.5 Å². The number of fused-ring (bicyclic) bond motifs is 1. The number of hydrogen-bond donors (Lipinski definition) is 0. The summed E-state index contributed by atoms with van der Waals surface area (Å²) in [5.74, 6) is 0.528. The Morgan fingerprint density at radius 1 is 1.00 bits per heavy atom. The Labute approximate surface area is 196 Å². The molecule has 2 aliphatic heterocycles. The van der Waals surface area contributed by atoms with E-state index in [9.17, 15) is 22.0 Å². The van der Waals surface area contributed by atoms with Gasteiger partial charge in [-0.25, -0.2) is 8.42 Å². The maximum Gasteiger partial charge on any atom is 0.387 e. The van der Waals surface area contributed by atoms with Crippen molar-refractivity contribution in [2.75, 3.05) is 39.4 Å². The SMILES string of the molecule is O=C(/C=C/c1ccccc1OC(F)F)N1CCN(S(=O)(=O)c2ccc3c(c2)OCCCO3)CC1. The third kappa shape index (κ3) is 5.48. The Hall–Kier alpha value is -3.18. The average molecular weight is 495 g/mol. The fourth-order valence-electron chi connectivity index (χ4n) is 3.69. The summed E-state index contributed by atoms with van der Waals surface area (Å²) in [6.45, 7) is -1.37. The number of piperazine rings is 1. The molecule has 0 N–H and O–H groups in total. The summed E-state index contributed by atoms with van der Waals surface area (Å²) in [6, 6.07) is 10.7. The number of carbonyl (C=O) groups excluding carboxylic acids is 1. The number of hydrogen-bond acceptors (Lipinski definition) is 6. The van der Waals surface area contributed by atoms with Crippen LogP contribution in [0.4, 0.5) is 8.78 Å². The number of nitrogens with zero attached hydrogens (tertiary/aromatic N) is 2. The minimum atomic E-state index is -3.77. The molecule has 0 spiro atoms. The average Bonchev–Trinajstić information content (AvgIpc) is 3.08. The molecule has 1 saturated heterocycles. The second-order valence-corrected chi connectivity index (χ2v) is 9.58. The largest absolute Gasteiger partial charge is 0.490 e. The summed E-state index contributed by atoms with van der Waals surface area (Å²) >= 11 is 0. The van der Waals surface area contributed by atoms with Gasteiger partial charge in [-0.3, -0.25) is 4.79 Å². The van der Waals surface area contributed by atoms with Crippen LogP contribution in [0.25, 0.3) is 6.08 Å². The second kappa shape index (κ2) is 10.4. The van der Waals surface area contributed by atoms with Crippen LogP contribution in [-0.2, 0) is 14.8 Å². The lowest BCUT2D eigenvalue weighted by atomic mass is 10.2. The van der Waals surface area contributed by atoms with Crippen molar-refractivity contribution in [2.45, 2.75) is 17.9 Å². The van der Waals surface area contributed by atoms with Crippen LogP contribution in [0.15, 0.2) is 53.4 Å². The third-order valence-corrected chi connectivity index (χ3v) is 7.34.